The normalized spacial score (nSPS) is 17.4. The zero-order chi connectivity index (χ0) is 18.8. The maximum Gasteiger partial charge on any atom is 0.328 e. The number of nitrogens with zero attached hydrogens (tertiary/aromatic N) is 2. The monoisotopic (exact) mass is 380 g/mol. The van der Waals surface area contributed by atoms with Crippen molar-refractivity contribution in [3.8, 4) is 0 Å². The van der Waals surface area contributed by atoms with E-state index in [4.69, 9.17) is 11.6 Å². The number of ether oxygens (including phenoxy) is 1. The molecular formula is C17H18ClFN4O3. The van der Waals surface area contributed by atoms with Gasteiger partial charge in [-0.05, 0) is 24.6 Å². The number of hydrogen-bond donors (Lipinski definition) is 2. The highest BCUT2D eigenvalue weighted by molar-refractivity contribution is 6.30. The summed E-state index contributed by atoms with van der Waals surface area (Å²) < 4.78 is 18.2. The van der Waals surface area contributed by atoms with Gasteiger partial charge in [0.05, 0.1) is 24.2 Å². The van der Waals surface area contributed by atoms with Gasteiger partial charge in [-0.25, -0.2) is 19.0 Å². The number of H-pyrrole nitrogens is 1. The van der Waals surface area contributed by atoms with Crippen molar-refractivity contribution in [3.05, 3.63) is 52.3 Å². The van der Waals surface area contributed by atoms with Gasteiger partial charge in [0.25, 0.3) is 0 Å². The summed E-state index contributed by atoms with van der Waals surface area (Å²) in [6.07, 6.45) is 2.14. The topological polar surface area (TPSA) is 87.3 Å². The number of aromatic amines is 1. The lowest BCUT2D eigenvalue weighted by Gasteiger charge is -2.35. The van der Waals surface area contributed by atoms with Crippen LogP contribution in [0.3, 0.4) is 0 Å². The van der Waals surface area contributed by atoms with E-state index in [0.717, 1.165) is 5.69 Å². The molecule has 2 N–H and O–H groups in total. The van der Waals surface area contributed by atoms with Crippen molar-refractivity contribution in [3.63, 3.8) is 0 Å². The Kier molecular flexibility index (Phi) is 5.13. The SMILES string of the molecule is COC(=O)[C@H](C)NC(=O)N1CCc2[nH]cnc2C1c1ccc(F)c(Cl)c1. The van der Waals surface area contributed by atoms with Crippen molar-refractivity contribution < 1.29 is 18.7 Å². The van der Waals surface area contributed by atoms with Gasteiger partial charge in [-0.15, -0.1) is 0 Å². The molecule has 26 heavy (non-hydrogen) atoms. The van der Waals surface area contributed by atoms with Crippen LogP contribution in [-0.4, -0.2) is 46.6 Å². The second kappa shape index (κ2) is 7.33. The lowest BCUT2D eigenvalue weighted by Crippen LogP contribution is -2.50. The minimum atomic E-state index is -0.800. The number of carbonyl (C=O) groups is 2. The van der Waals surface area contributed by atoms with Crippen LogP contribution >= 0.6 is 11.6 Å². The number of methoxy groups -OCH3 is 1. The third kappa shape index (κ3) is 3.37. The molecule has 9 heteroatoms. The van der Waals surface area contributed by atoms with E-state index in [0.29, 0.717) is 24.2 Å². The number of rotatable bonds is 3. The summed E-state index contributed by atoms with van der Waals surface area (Å²) in [4.78, 5) is 33.3. The first-order valence-corrected chi connectivity index (χ1v) is 8.42. The van der Waals surface area contributed by atoms with E-state index in [1.54, 1.807) is 17.3 Å². The van der Waals surface area contributed by atoms with Gasteiger partial charge in [-0.1, -0.05) is 17.7 Å². The lowest BCUT2D eigenvalue weighted by molar-refractivity contribution is -0.142. The average molecular weight is 381 g/mol. The molecule has 1 aliphatic rings. The highest BCUT2D eigenvalue weighted by Crippen LogP contribution is 2.34. The van der Waals surface area contributed by atoms with E-state index >= 15 is 0 Å². The Morgan fingerprint density at radius 3 is 2.96 bits per heavy atom. The van der Waals surface area contributed by atoms with Crippen molar-refractivity contribution in [1.29, 1.82) is 0 Å². The fourth-order valence-corrected chi connectivity index (χ4v) is 3.21. The van der Waals surface area contributed by atoms with Crippen LogP contribution in [0, 0.1) is 5.82 Å². The first-order valence-electron chi connectivity index (χ1n) is 8.04. The van der Waals surface area contributed by atoms with Crippen molar-refractivity contribution in [2.45, 2.75) is 25.4 Å². The summed E-state index contributed by atoms with van der Waals surface area (Å²) in [5.41, 5.74) is 2.20. The van der Waals surface area contributed by atoms with Crippen molar-refractivity contribution >= 4 is 23.6 Å². The van der Waals surface area contributed by atoms with Crippen LogP contribution < -0.4 is 5.32 Å². The Morgan fingerprint density at radius 1 is 1.50 bits per heavy atom. The predicted octanol–water partition coefficient (Wildman–Crippen LogP) is 2.42. The van der Waals surface area contributed by atoms with Crippen LogP contribution in [0.5, 0.6) is 0 Å². The van der Waals surface area contributed by atoms with Gasteiger partial charge in [0.1, 0.15) is 17.9 Å². The van der Waals surface area contributed by atoms with Crippen LogP contribution in [0.4, 0.5) is 9.18 Å². The Hall–Kier alpha value is -2.61. The maximum absolute atomic E-state index is 13.6. The molecule has 138 valence electrons. The minimum absolute atomic E-state index is 0.0338. The van der Waals surface area contributed by atoms with Crippen LogP contribution in [0.25, 0.3) is 0 Å². The zero-order valence-corrected chi connectivity index (χ0v) is 15.0. The van der Waals surface area contributed by atoms with Crippen molar-refractivity contribution in [2.24, 2.45) is 0 Å². The molecule has 0 radical (unpaired) electrons. The van der Waals surface area contributed by atoms with Gasteiger partial charge >= 0.3 is 12.0 Å². The van der Waals surface area contributed by atoms with E-state index in [-0.39, 0.29) is 5.02 Å². The summed E-state index contributed by atoms with van der Waals surface area (Å²) in [6.45, 7) is 1.94. The Bertz CT molecular complexity index is 841. The van der Waals surface area contributed by atoms with Gasteiger partial charge in [0, 0.05) is 18.7 Å². The van der Waals surface area contributed by atoms with E-state index in [2.05, 4.69) is 20.0 Å². The number of halogens is 2. The van der Waals surface area contributed by atoms with Crippen molar-refractivity contribution in [1.82, 2.24) is 20.2 Å². The summed E-state index contributed by atoms with van der Waals surface area (Å²) in [7, 11) is 1.26. The molecule has 1 aromatic carbocycles. The first kappa shape index (κ1) is 18.2. The molecular weight excluding hydrogens is 363 g/mol. The third-order valence-electron chi connectivity index (χ3n) is 4.34. The zero-order valence-electron chi connectivity index (χ0n) is 14.3. The molecule has 2 amide bonds. The van der Waals surface area contributed by atoms with Gasteiger partial charge in [-0.3, -0.25) is 0 Å². The Labute approximate surface area is 154 Å². The molecule has 0 aliphatic carbocycles. The molecule has 0 spiro atoms. The molecule has 0 bridgehead atoms. The molecule has 2 atom stereocenters. The molecule has 3 rings (SSSR count). The van der Waals surface area contributed by atoms with Gasteiger partial charge < -0.3 is 19.9 Å². The molecule has 1 aromatic heterocycles. The number of imidazole rings is 1. The number of urea groups is 1. The van der Waals surface area contributed by atoms with E-state index < -0.39 is 29.9 Å². The standard InChI is InChI=1S/C17H18ClFN4O3/c1-9(16(24)26-2)22-17(25)23-6-5-13-14(21-8-20-13)15(23)10-3-4-12(19)11(18)7-10/h3-4,7-9,15H,5-6H2,1-2H3,(H,20,21)(H,22,25)/t9-,15?/m0/s1. The molecule has 1 aliphatic heterocycles. The highest BCUT2D eigenvalue weighted by Gasteiger charge is 2.35. The van der Waals surface area contributed by atoms with Gasteiger partial charge in [-0.2, -0.15) is 0 Å². The second-order valence-electron chi connectivity index (χ2n) is 5.98. The molecule has 2 heterocycles. The number of esters is 1. The van der Waals surface area contributed by atoms with E-state index in [1.165, 1.54) is 26.2 Å². The Balaban J connectivity index is 1.94. The van der Waals surface area contributed by atoms with Crippen molar-refractivity contribution in [2.75, 3.05) is 13.7 Å². The number of hydrogen-bond acceptors (Lipinski definition) is 4. The molecule has 0 saturated carbocycles. The fraction of sp³-hybridized carbons (Fsp3) is 0.353. The summed E-state index contributed by atoms with van der Waals surface area (Å²) in [5.74, 6) is -1.08. The number of amides is 2. The first-order chi connectivity index (χ1) is 12.4. The van der Waals surface area contributed by atoms with Gasteiger partial charge in [0.2, 0.25) is 0 Å². The number of benzene rings is 1. The maximum atomic E-state index is 13.6. The molecule has 0 saturated heterocycles. The quantitative estimate of drug-likeness (QED) is 0.800. The number of fused-ring (bicyclic) bond motifs is 1. The van der Waals surface area contributed by atoms with Crippen LogP contribution in [0.15, 0.2) is 24.5 Å². The van der Waals surface area contributed by atoms with Crippen LogP contribution in [-0.2, 0) is 16.0 Å². The number of aromatic nitrogens is 2. The highest BCUT2D eigenvalue weighted by atomic mass is 35.5. The number of nitrogens with one attached hydrogen (secondary N) is 2. The smallest absolute Gasteiger partial charge is 0.328 e. The van der Waals surface area contributed by atoms with E-state index in [9.17, 15) is 14.0 Å². The second-order valence-corrected chi connectivity index (χ2v) is 6.39. The minimum Gasteiger partial charge on any atom is -0.467 e. The third-order valence-corrected chi connectivity index (χ3v) is 4.63. The molecule has 7 nitrogen and oxygen atoms in total. The summed E-state index contributed by atoms with van der Waals surface area (Å²) in [6, 6.07) is 2.52. The number of carbonyl (C=O) groups excluding carboxylic acids is 2. The summed E-state index contributed by atoms with van der Waals surface area (Å²) in [5, 5.41) is 2.58. The van der Waals surface area contributed by atoms with Gasteiger partial charge in [0.15, 0.2) is 0 Å². The van der Waals surface area contributed by atoms with Crippen LogP contribution in [0.2, 0.25) is 5.02 Å². The summed E-state index contributed by atoms with van der Waals surface area (Å²) >= 11 is 5.92. The molecule has 0 fully saturated rings. The average Bonchev–Trinajstić information content (AvgIpc) is 3.11. The molecule has 1 unspecified atom stereocenters. The predicted molar refractivity (Wildman–Crippen MR) is 92.3 cm³/mol. The Morgan fingerprint density at radius 2 is 2.27 bits per heavy atom. The van der Waals surface area contributed by atoms with E-state index in [1.807, 2.05) is 0 Å². The van der Waals surface area contributed by atoms with Crippen LogP contribution in [0.1, 0.15) is 29.9 Å². The molecule has 2 aromatic rings. The lowest BCUT2D eigenvalue weighted by atomic mass is 9.96. The fourth-order valence-electron chi connectivity index (χ4n) is 3.02. The largest absolute Gasteiger partial charge is 0.467 e.